The molecule has 1 amide bonds. The van der Waals surface area contributed by atoms with Crippen molar-refractivity contribution < 1.29 is 19.0 Å². The number of hydrogen-bond donors (Lipinski definition) is 1. The number of carbonyl (C=O) groups is 1. The average molecular weight is 582 g/mol. The summed E-state index contributed by atoms with van der Waals surface area (Å²) in [4.78, 5) is 12.5. The highest BCUT2D eigenvalue weighted by Gasteiger charge is 2.17. The molecule has 0 atom stereocenters. The van der Waals surface area contributed by atoms with Gasteiger partial charge in [-0.1, -0.05) is 58.0 Å². The summed E-state index contributed by atoms with van der Waals surface area (Å²) in [5.74, 6) is 1.95. The third kappa shape index (κ3) is 6.30. The van der Waals surface area contributed by atoms with Crippen LogP contribution in [0.5, 0.6) is 17.2 Å². The predicted molar refractivity (Wildman–Crippen MR) is 147 cm³/mol. The van der Waals surface area contributed by atoms with E-state index in [0.29, 0.717) is 33.8 Å². The lowest BCUT2D eigenvalue weighted by Crippen LogP contribution is -2.20. The van der Waals surface area contributed by atoms with Crippen LogP contribution in [0.3, 0.4) is 0 Å². The monoisotopic (exact) mass is 581 g/mol. The Morgan fingerprint density at radius 1 is 1.00 bits per heavy atom. The maximum Gasteiger partial charge on any atom is 0.250 e. The van der Waals surface area contributed by atoms with E-state index in [-0.39, 0.29) is 11.7 Å². The van der Waals surface area contributed by atoms with E-state index in [1.54, 1.807) is 12.1 Å². The molecule has 1 N–H and O–H groups in total. The first-order valence-corrected chi connectivity index (χ1v) is 12.8. The first-order chi connectivity index (χ1) is 18.0. The van der Waals surface area contributed by atoms with Gasteiger partial charge in [0.2, 0.25) is 5.75 Å². The van der Waals surface area contributed by atoms with E-state index in [9.17, 15) is 4.79 Å². The number of carbonyl (C=O) groups excluding carboxylic acids is 1. The fraction of sp³-hybridized carbons (Fsp3) is 0.154. The number of thioether (sulfide) groups is 1. The van der Waals surface area contributed by atoms with Crippen LogP contribution in [0.1, 0.15) is 5.56 Å². The average Bonchev–Trinajstić information content (AvgIpc) is 3.36. The Morgan fingerprint density at radius 3 is 2.30 bits per heavy atom. The van der Waals surface area contributed by atoms with Gasteiger partial charge < -0.3 is 14.2 Å². The zero-order chi connectivity index (χ0) is 26.2. The molecule has 11 heteroatoms. The molecular weight excluding hydrogens is 558 g/mol. The summed E-state index contributed by atoms with van der Waals surface area (Å²) in [6.45, 7) is 0. The molecule has 0 aliphatic rings. The number of aromatic nitrogens is 3. The van der Waals surface area contributed by atoms with Crippen molar-refractivity contribution in [2.75, 3.05) is 27.1 Å². The summed E-state index contributed by atoms with van der Waals surface area (Å²) < 4.78 is 18.9. The van der Waals surface area contributed by atoms with Crippen molar-refractivity contribution in [1.82, 2.24) is 20.2 Å². The maximum atomic E-state index is 12.5. The minimum Gasteiger partial charge on any atom is -0.493 e. The van der Waals surface area contributed by atoms with Crippen LogP contribution < -0.4 is 19.6 Å². The van der Waals surface area contributed by atoms with Gasteiger partial charge in [-0.25, -0.2) is 5.43 Å². The van der Waals surface area contributed by atoms with Crippen LogP contribution in [0.15, 0.2) is 81.5 Å². The second-order valence-corrected chi connectivity index (χ2v) is 9.38. The molecule has 0 fully saturated rings. The van der Waals surface area contributed by atoms with Crippen molar-refractivity contribution in [1.29, 1.82) is 0 Å². The van der Waals surface area contributed by atoms with Gasteiger partial charge in [-0.15, -0.1) is 10.2 Å². The number of benzene rings is 3. The van der Waals surface area contributed by atoms with Gasteiger partial charge in [-0.05, 0) is 36.4 Å². The Hall–Kier alpha value is -3.83. The molecule has 4 rings (SSSR count). The van der Waals surface area contributed by atoms with E-state index in [2.05, 4.69) is 36.7 Å². The van der Waals surface area contributed by atoms with Crippen LogP contribution in [-0.4, -0.2) is 54.0 Å². The quantitative estimate of drug-likeness (QED) is 0.160. The van der Waals surface area contributed by atoms with Crippen molar-refractivity contribution in [2.24, 2.45) is 5.10 Å². The standard InChI is InChI=1S/C26H24BrN5O4S/c1-34-21-13-17(14-22(35-2)24(21)36-3)15-28-29-23(33)16-37-26-31-30-25(18-7-5-4-6-8-18)32(26)20-11-9-19(27)10-12-20/h4-15H,16H2,1-3H3,(H,29,33)/b28-15+. The summed E-state index contributed by atoms with van der Waals surface area (Å²) in [5.41, 5.74) is 5.02. The van der Waals surface area contributed by atoms with E-state index in [1.807, 2.05) is 59.2 Å². The lowest BCUT2D eigenvalue weighted by atomic mass is 10.2. The molecule has 3 aromatic carbocycles. The van der Waals surface area contributed by atoms with Crippen LogP contribution in [0.25, 0.3) is 17.1 Å². The number of hydrogen-bond acceptors (Lipinski definition) is 8. The number of ether oxygens (including phenoxy) is 3. The van der Waals surface area contributed by atoms with Gasteiger partial charge in [0.25, 0.3) is 5.91 Å². The summed E-state index contributed by atoms with van der Waals surface area (Å²) in [6, 6.07) is 21.1. The van der Waals surface area contributed by atoms with Gasteiger partial charge in [0.05, 0.1) is 33.3 Å². The molecule has 0 saturated carbocycles. The van der Waals surface area contributed by atoms with Crippen LogP contribution in [-0.2, 0) is 4.79 Å². The molecule has 4 aromatic rings. The van der Waals surface area contributed by atoms with Gasteiger partial charge in [0.1, 0.15) is 0 Å². The van der Waals surface area contributed by atoms with Crippen LogP contribution in [0, 0.1) is 0 Å². The molecular formula is C26H24BrN5O4S. The number of rotatable bonds is 10. The molecule has 0 aliphatic heterocycles. The van der Waals surface area contributed by atoms with Gasteiger partial charge in [0.15, 0.2) is 22.5 Å². The topological polar surface area (TPSA) is 99.9 Å². The fourth-order valence-corrected chi connectivity index (χ4v) is 4.49. The Balaban J connectivity index is 1.48. The number of hydrazone groups is 1. The minimum absolute atomic E-state index is 0.0933. The van der Waals surface area contributed by atoms with E-state index >= 15 is 0 Å². The summed E-state index contributed by atoms with van der Waals surface area (Å²) in [5, 5.41) is 13.4. The molecule has 0 aliphatic carbocycles. The zero-order valence-corrected chi connectivity index (χ0v) is 22.7. The van der Waals surface area contributed by atoms with E-state index in [1.165, 1.54) is 39.3 Å². The first-order valence-electron chi connectivity index (χ1n) is 11.1. The predicted octanol–water partition coefficient (Wildman–Crippen LogP) is 4.97. The van der Waals surface area contributed by atoms with Gasteiger partial charge >= 0.3 is 0 Å². The summed E-state index contributed by atoms with van der Waals surface area (Å²) >= 11 is 4.74. The number of halogens is 1. The lowest BCUT2D eigenvalue weighted by Gasteiger charge is -2.12. The normalized spacial score (nSPS) is 10.9. The number of nitrogens with zero attached hydrogens (tertiary/aromatic N) is 4. The number of nitrogens with one attached hydrogen (secondary N) is 1. The van der Waals surface area contributed by atoms with Gasteiger partial charge in [0, 0.05) is 21.3 Å². The molecule has 9 nitrogen and oxygen atoms in total. The Morgan fingerprint density at radius 2 is 1.68 bits per heavy atom. The van der Waals surface area contributed by atoms with Gasteiger partial charge in [-0.2, -0.15) is 5.10 Å². The van der Waals surface area contributed by atoms with Crippen molar-refractivity contribution in [3.63, 3.8) is 0 Å². The minimum atomic E-state index is -0.291. The Kier molecular flexibility index (Phi) is 8.81. The van der Waals surface area contributed by atoms with E-state index in [0.717, 1.165) is 15.7 Å². The smallest absolute Gasteiger partial charge is 0.250 e. The highest BCUT2D eigenvalue weighted by molar-refractivity contribution is 9.10. The molecule has 0 bridgehead atoms. The Labute approximate surface area is 227 Å². The van der Waals surface area contributed by atoms with Gasteiger partial charge in [-0.3, -0.25) is 9.36 Å². The van der Waals surface area contributed by atoms with Crippen molar-refractivity contribution >= 4 is 39.8 Å². The second-order valence-electron chi connectivity index (χ2n) is 7.52. The third-order valence-corrected chi connectivity index (χ3v) is 6.63. The SMILES string of the molecule is COc1cc(/C=N/NC(=O)CSc2nnc(-c3ccccc3)n2-c2ccc(Br)cc2)cc(OC)c1OC. The number of methoxy groups -OCH3 is 3. The largest absolute Gasteiger partial charge is 0.493 e. The molecule has 37 heavy (non-hydrogen) atoms. The lowest BCUT2D eigenvalue weighted by molar-refractivity contribution is -0.118. The first kappa shape index (κ1) is 26.2. The second kappa shape index (κ2) is 12.4. The third-order valence-electron chi connectivity index (χ3n) is 5.17. The molecule has 190 valence electrons. The fourth-order valence-electron chi connectivity index (χ4n) is 3.48. The number of amides is 1. The molecule has 0 radical (unpaired) electrons. The van der Waals surface area contributed by atoms with Crippen molar-refractivity contribution in [3.8, 4) is 34.3 Å². The highest BCUT2D eigenvalue weighted by Crippen LogP contribution is 2.37. The maximum absolute atomic E-state index is 12.5. The highest BCUT2D eigenvalue weighted by atomic mass is 79.9. The van der Waals surface area contributed by atoms with Crippen molar-refractivity contribution in [2.45, 2.75) is 5.16 Å². The zero-order valence-electron chi connectivity index (χ0n) is 20.3. The van der Waals surface area contributed by atoms with E-state index in [4.69, 9.17) is 14.2 Å². The molecule has 1 aromatic heterocycles. The van der Waals surface area contributed by atoms with Crippen molar-refractivity contribution in [3.05, 3.63) is 76.8 Å². The summed E-state index contributed by atoms with van der Waals surface area (Å²) in [6.07, 6.45) is 1.50. The van der Waals surface area contributed by atoms with Crippen LogP contribution >= 0.6 is 27.7 Å². The molecule has 1 heterocycles. The summed E-state index contributed by atoms with van der Waals surface area (Å²) in [7, 11) is 4.60. The molecule has 0 saturated heterocycles. The Bertz CT molecular complexity index is 1370. The van der Waals surface area contributed by atoms with E-state index < -0.39 is 0 Å². The molecule has 0 unspecified atom stereocenters. The van der Waals surface area contributed by atoms with Crippen LogP contribution in [0.2, 0.25) is 0 Å². The van der Waals surface area contributed by atoms with Crippen LogP contribution in [0.4, 0.5) is 0 Å². The molecule has 0 spiro atoms.